The van der Waals surface area contributed by atoms with E-state index in [4.69, 9.17) is 0 Å². The largest absolute Gasteiger partial charge is 0.361 e. The molecule has 0 saturated heterocycles. The van der Waals surface area contributed by atoms with Crippen LogP contribution in [-0.2, 0) is 11.2 Å². The van der Waals surface area contributed by atoms with Gasteiger partial charge < -0.3 is 15.6 Å². The summed E-state index contributed by atoms with van der Waals surface area (Å²) >= 11 is 0. The molecule has 2 aromatic carbocycles. The Bertz CT molecular complexity index is 826. The number of hydrogen-bond acceptors (Lipinski definition) is 2. The molecule has 0 unspecified atom stereocenters. The first kappa shape index (κ1) is 19.2. The van der Waals surface area contributed by atoms with Gasteiger partial charge in [0.05, 0.1) is 0 Å². The fourth-order valence-corrected chi connectivity index (χ4v) is 3.32. The second-order valence-electron chi connectivity index (χ2n) is 6.94. The number of unbranched alkanes of at least 4 members (excludes halogenated alkanes) is 3. The van der Waals surface area contributed by atoms with Gasteiger partial charge in [0.15, 0.2) is 0 Å². The maximum absolute atomic E-state index is 11.9. The number of aromatic nitrogens is 1. The van der Waals surface area contributed by atoms with Crippen molar-refractivity contribution in [2.24, 2.45) is 0 Å². The zero-order valence-electron chi connectivity index (χ0n) is 15.8. The number of amides is 1. The van der Waals surface area contributed by atoms with Crippen LogP contribution >= 0.6 is 0 Å². The molecule has 0 saturated carbocycles. The smallest absolute Gasteiger partial charge is 0.224 e. The normalized spacial score (nSPS) is 11.0. The minimum atomic E-state index is 0.109. The lowest BCUT2D eigenvalue weighted by molar-refractivity contribution is -0.116. The lowest BCUT2D eigenvalue weighted by atomic mass is 10.1. The Morgan fingerprint density at radius 2 is 1.63 bits per heavy atom. The van der Waals surface area contributed by atoms with Crippen LogP contribution in [0.1, 0.15) is 37.7 Å². The highest BCUT2D eigenvalue weighted by atomic mass is 16.1. The Morgan fingerprint density at radius 1 is 0.852 bits per heavy atom. The molecule has 1 amide bonds. The summed E-state index contributed by atoms with van der Waals surface area (Å²) in [7, 11) is 0. The summed E-state index contributed by atoms with van der Waals surface area (Å²) in [5, 5.41) is 7.79. The summed E-state index contributed by atoms with van der Waals surface area (Å²) in [6.07, 6.45) is 8.15. The molecule has 3 rings (SSSR count). The number of anilines is 1. The van der Waals surface area contributed by atoms with Crippen molar-refractivity contribution in [1.29, 1.82) is 0 Å². The van der Waals surface area contributed by atoms with Crippen LogP contribution in [-0.4, -0.2) is 24.0 Å². The van der Waals surface area contributed by atoms with E-state index in [2.05, 4.69) is 46.1 Å². The number of hydrogen-bond donors (Lipinski definition) is 3. The minimum absolute atomic E-state index is 0.109. The first-order valence-electron chi connectivity index (χ1n) is 9.93. The van der Waals surface area contributed by atoms with Crippen molar-refractivity contribution in [2.75, 3.05) is 18.4 Å². The summed E-state index contributed by atoms with van der Waals surface area (Å²) < 4.78 is 0. The molecule has 3 aromatic rings. The van der Waals surface area contributed by atoms with E-state index in [9.17, 15) is 4.79 Å². The van der Waals surface area contributed by atoms with Crippen molar-refractivity contribution >= 4 is 22.5 Å². The molecule has 4 heteroatoms. The first-order valence-corrected chi connectivity index (χ1v) is 9.93. The minimum Gasteiger partial charge on any atom is -0.361 e. The summed E-state index contributed by atoms with van der Waals surface area (Å²) in [5.74, 6) is 0.109. The second-order valence-corrected chi connectivity index (χ2v) is 6.94. The molecule has 1 aromatic heterocycles. The van der Waals surface area contributed by atoms with E-state index >= 15 is 0 Å². The summed E-state index contributed by atoms with van der Waals surface area (Å²) in [5.41, 5.74) is 3.47. The van der Waals surface area contributed by atoms with Gasteiger partial charge in [-0.05, 0) is 56.1 Å². The van der Waals surface area contributed by atoms with E-state index in [0.29, 0.717) is 6.42 Å². The van der Waals surface area contributed by atoms with Crippen LogP contribution in [0.4, 0.5) is 5.69 Å². The van der Waals surface area contributed by atoms with Crippen LogP contribution in [0.15, 0.2) is 60.8 Å². The predicted octanol–water partition coefficient (Wildman–Crippen LogP) is 4.89. The number of fused-ring (bicyclic) bond motifs is 1. The number of aromatic amines is 1. The molecule has 0 spiro atoms. The van der Waals surface area contributed by atoms with Gasteiger partial charge in [0.2, 0.25) is 5.91 Å². The third-order valence-electron chi connectivity index (χ3n) is 4.81. The number of carbonyl (C=O) groups is 1. The van der Waals surface area contributed by atoms with Crippen LogP contribution in [0.2, 0.25) is 0 Å². The van der Waals surface area contributed by atoms with Gasteiger partial charge in [-0.15, -0.1) is 0 Å². The fraction of sp³-hybridized carbons (Fsp3) is 0.348. The van der Waals surface area contributed by atoms with Crippen molar-refractivity contribution in [3.8, 4) is 0 Å². The number of carbonyl (C=O) groups excluding carboxylic acids is 1. The quantitative estimate of drug-likeness (QED) is 0.425. The zero-order chi connectivity index (χ0) is 18.7. The molecule has 0 atom stereocenters. The number of rotatable bonds is 11. The third-order valence-corrected chi connectivity index (χ3v) is 4.81. The highest BCUT2D eigenvalue weighted by Crippen LogP contribution is 2.17. The van der Waals surface area contributed by atoms with Gasteiger partial charge in [-0.3, -0.25) is 4.79 Å². The van der Waals surface area contributed by atoms with Gasteiger partial charge in [0, 0.05) is 29.2 Å². The monoisotopic (exact) mass is 363 g/mol. The Hall–Kier alpha value is -2.59. The Labute approximate surface area is 161 Å². The van der Waals surface area contributed by atoms with E-state index in [1.165, 1.54) is 22.9 Å². The average Bonchev–Trinajstić information content (AvgIpc) is 3.11. The zero-order valence-corrected chi connectivity index (χ0v) is 15.8. The molecule has 0 fully saturated rings. The highest BCUT2D eigenvalue weighted by Gasteiger charge is 2.03. The van der Waals surface area contributed by atoms with Crippen LogP contribution < -0.4 is 10.6 Å². The van der Waals surface area contributed by atoms with Crippen molar-refractivity contribution in [2.45, 2.75) is 38.5 Å². The van der Waals surface area contributed by atoms with Crippen molar-refractivity contribution in [3.05, 3.63) is 66.4 Å². The molecular weight excluding hydrogens is 334 g/mol. The SMILES string of the molecule is O=C(CCCCCCNCCc1c[nH]c2ccccc12)Nc1ccccc1. The molecule has 1 heterocycles. The second kappa shape index (κ2) is 10.5. The molecule has 0 bridgehead atoms. The number of nitrogens with one attached hydrogen (secondary N) is 3. The Balaban J connectivity index is 1.19. The third kappa shape index (κ3) is 6.26. The molecule has 3 N–H and O–H groups in total. The molecule has 142 valence electrons. The lowest BCUT2D eigenvalue weighted by Gasteiger charge is -2.06. The van der Waals surface area contributed by atoms with E-state index in [1.807, 2.05) is 30.3 Å². The molecule has 0 aliphatic carbocycles. The Kier molecular flexibility index (Phi) is 7.48. The van der Waals surface area contributed by atoms with Crippen molar-refractivity contribution < 1.29 is 4.79 Å². The number of H-pyrrole nitrogens is 1. The van der Waals surface area contributed by atoms with Gasteiger partial charge in [0.1, 0.15) is 0 Å². The van der Waals surface area contributed by atoms with Crippen LogP contribution in [0.5, 0.6) is 0 Å². The Morgan fingerprint density at radius 3 is 2.52 bits per heavy atom. The maximum Gasteiger partial charge on any atom is 0.224 e. The van der Waals surface area contributed by atoms with Gasteiger partial charge in [-0.25, -0.2) is 0 Å². The standard InChI is InChI=1S/C23H29N3O/c27-23(26-20-10-4-3-5-11-20)14-6-1-2-9-16-24-17-15-19-18-25-22-13-8-7-12-21(19)22/h3-5,7-8,10-13,18,24-25H,1-2,6,9,14-17H2,(H,26,27). The summed E-state index contributed by atoms with van der Waals surface area (Å²) in [4.78, 5) is 15.2. The van der Waals surface area contributed by atoms with Crippen LogP contribution in [0, 0.1) is 0 Å². The van der Waals surface area contributed by atoms with Crippen molar-refractivity contribution in [1.82, 2.24) is 10.3 Å². The first-order chi connectivity index (χ1) is 13.3. The molecule has 0 aliphatic heterocycles. The number of para-hydroxylation sites is 2. The van der Waals surface area contributed by atoms with E-state index in [1.54, 1.807) is 0 Å². The van der Waals surface area contributed by atoms with Gasteiger partial charge in [-0.2, -0.15) is 0 Å². The lowest BCUT2D eigenvalue weighted by Crippen LogP contribution is -2.18. The summed E-state index contributed by atoms with van der Waals surface area (Å²) in [6.45, 7) is 2.04. The van der Waals surface area contributed by atoms with E-state index in [0.717, 1.165) is 44.5 Å². The highest BCUT2D eigenvalue weighted by molar-refractivity contribution is 5.90. The average molecular weight is 364 g/mol. The van der Waals surface area contributed by atoms with Gasteiger partial charge >= 0.3 is 0 Å². The van der Waals surface area contributed by atoms with Gasteiger partial charge in [-0.1, -0.05) is 49.2 Å². The maximum atomic E-state index is 11.9. The molecular formula is C23H29N3O. The molecule has 4 nitrogen and oxygen atoms in total. The predicted molar refractivity (Wildman–Crippen MR) is 113 cm³/mol. The van der Waals surface area contributed by atoms with Crippen LogP contribution in [0.25, 0.3) is 10.9 Å². The van der Waals surface area contributed by atoms with E-state index < -0.39 is 0 Å². The molecule has 0 radical (unpaired) electrons. The van der Waals surface area contributed by atoms with Gasteiger partial charge in [0.25, 0.3) is 0 Å². The summed E-state index contributed by atoms with van der Waals surface area (Å²) in [6, 6.07) is 18.1. The van der Waals surface area contributed by atoms with Crippen LogP contribution in [0.3, 0.4) is 0 Å². The number of benzene rings is 2. The molecule has 0 aliphatic rings. The van der Waals surface area contributed by atoms with E-state index in [-0.39, 0.29) is 5.91 Å². The topological polar surface area (TPSA) is 56.9 Å². The fourth-order valence-electron chi connectivity index (χ4n) is 3.32. The molecule has 27 heavy (non-hydrogen) atoms. The van der Waals surface area contributed by atoms with Crippen molar-refractivity contribution in [3.63, 3.8) is 0 Å².